The molecule has 0 aliphatic heterocycles. The number of rotatable bonds is 8. The van der Waals surface area contributed by atoms with Crippen LogP contribution in [0.1, 0.15) is 43.0 Å². The molecule has 0 unspecified atom stereocenters. The molecule has 1 aromatic heterocycles. The summed E-state index contributed by atoms with van der Waals surface area (Å²) >= 11 is 0. The number of aryl methyl sites for hydroxylation is 2. The van der Waals surface area contributed by atoms with Gasteiger partial charge in [0.1, 0.15) is 0 Å². The van der Waals surface area contributed by atoms with Gasteiger partial charge in [-0.25, -0.2) is 0 Å². The van der Waals surface area contributed by atoms with Crippen molar-refractivity contribution in [3.63, 3.8) is 0 Å². The fraction of sp³-hybridized carbons (Fsp3) is 0.250. The Kier molecular flexibility index (Phi) is 8.87. The number of esters is 1. The van der Waals surface area contributed by atoms with E-state index in [9.17, 15) is 4.79 Å². The monoisotopic (exact) mass is 479 g/mol. The van der Waals surface area contributed by atoms with Crippen LogP contribution in [-0.4, -0.2) is 17.7 Å². The standard InChI is InChI=1S/C26H23NO.C6H10O2/c1-20-25(15-9-8-12-21-10-4-2-5-11-21)26(28-27-20)24-18-16-23(17-19-24)22-13-6-3-7-14-22;1-2-8-6(7)5-3-4-5/h2-7,9-11,13-19H,8,12H2,1H3;5H,2-4H2,1H3/b15-9+;. The molecule has 1 aliphatic carbocycles. The second-order valence-electron chi connectivity index (χ2n) is 8.91. The van der Waals surface area contributed by atoms with Crippen molar-refractivity contribution in [1.82, 2.24) is 5.16 Å². The molecule has 184 valence electrons. The quantitative estimate of drug-likeness (QED) is 0.241. The summed E-state index contributed by atoms with van der Waals surface area (Å²) in [4.78, 5) is 10.6. The molecular formula is C32H33NO3. The van der Waals surface area contributed by atoms with Crippen LogP contribution in [0.15, 0.2) is 95.5 Å². The minimum Gasteiger partial charge on any atom is -0.466 e. The predicted molar refractivity (Wildman–Crippen MR) is 145 cm³/mol. The summed E-state index contributed by atoms with van der Waals surface area (Å²) < 4.78 is 10.4. The van der Waals surface area contributed by atoms with E-state index < -0.39 is 0 Å². The lowest BCUT2D eigenvalue weighted by molar-refractivity contribution is -0.144. The van der Waals surface area contributed by atoms with E-state index in [2.05, 4.69) is 96.2 Å². The Morgan fingerprint density at radius 3 is 2.17 bits per heavy atom. The maximum absolute atomic E-state index is 10.6. The Balaban J connectivity index is 0.000000325. The highest BCUT2D eigenvalue weighted by molar-refractivity contribution is 5.75. The number of ether oxygens (including phenoxy) is 1. The van der Waals surface area contributed by atoms with E-state index in [1.807, 2.05) is 19.9 Å². The first-order valence-electron chi connectivity index (χ1n) is 12.6. The van der Waals surface area contributed by atoms with Gasteiger partial charge in [0.2, 0.25) is 0 Å². The molecule has 0 saturated heterocycles. The smallest absolute Gasteiger partial charge is 0.308 e. The van der Waals surface area contributed by atoms with Gasteiger partial charge in [-0.05, 0) is 56.2 Å². The van der Waals surface area contributed by atoms with Crippen LogP contribution in [0.5, 0.6) is 0 Å². The first-order chi connectivity index (χ1) is 17.7. The molecule has 0 atom stereocenters. The number of hydrogen-bond acceptors (Lipinski definition) is 4. The Morgan fingerprint density at radius 1 is 0.917 bits per heavy atom. The Bertz CT molecular complexity index is 1250. The van der Waals surface area contributed by atoms with Gasteiger partial charge in [0.15, 0.2) is 5.76 Å². The second kappa shape index (κ2) is 12.7. The van der Waals surface area contributed by atoms with Gasteiger partial charge in [0.05, 0.1) is 18.2 Å². The van der Waals surface area contributed by atoms with E-state index in [1.54, 1.807) is 0 Å². The fourth-order valence-corrected chi connectivity index (χ4v) is 3.90. The number of allylic oxidation sites excluding steroid dienone is 1. The summed E-state index contributed by atoms with van der Waals surface area (Å²) in [6.45, 7) is 4.35. The molecule has 36 heavy (non-hydrogen) atoms. The summed E-state index contributed by atoms with van der Waals surface area (Å²) in [5.41, 5.74) is 6.77. The molecule has 0 N–H and O–H groups in total. The molecule has 5 rings (SSSR count). The molecule has 0 radical (unpaired) electrons. The van der Waals surface area contributed by atoms with Crippen molar-refractivity contribution in [2.45, 2.75) is 39.5 Å². The van der Waals surface area contributed by atoms with Gasteiger partial charge in [-0.15, -0.1) is 0 Å². The molecule has 4 heteroatoms. The highest BCUT2D eigenvalue weighted by Crippen LogP contribution is 2.30. The Morgan fingerprint density at radius 2 is 1.53 bits per heavy atom. The first kappa shape index (κ1) is 25.2. The van der Waals surface area contributed by atoms with E-state index in [0.29, 0.717) is 6.61 Å². The maximum Gasteiger partial charge on any atom is 0.308 e. The second-order valence-corrected chi connectivity index (χ2v) is 8.91. The van der Waals surface area contributed by atoms with Gasteiger partial charge in [-0.1, -0.05) is 102 Å². The summed E-state index contributed by atoms with van der Waals surface area (Å²) in [6, 6.07) is 29.4. The summed E-state index contributed by atoms with van der Waals surface area (Å²) in [6.07, 6.45) is 8.44. The van der Waals surface area contributed by atoms with E-state index in [0.717, 1.165) is 48.3 Å². The molecule has 1 aliphatic rings. The lowest BCUT2D eigenvalue weighted by Gasteiger charge is -2.03. The van der Waals surface area contributed by atoms with Crippen LogP contribution in [0.25, 0.3) is 28.5 Å². The molecule has 3 aromatic carbocycles. The van der Waals surface area contributed by atoms with Crippen LogP contribution >= 0.6 is 0 Å². The Hall–Kier alpha value is -3.92. The predicted octanol–water partition coefficient (Wildman–Crippen LogP) is 7.92. The SMILES string of the molecule is CCOC(=O)C1CC1.Cc1noc(-c2ccc(-c3ccccc3)cc2)c1/C=C/CCc1ccccc1. The first-order valence-corrected chi connectivity index (χ1v) is 12.6. The molecule has 0 amide bonds. The van der Waals surface area contributed by atoms with Gasteiger partial charge in [0.25, 0.3) is 0 Å². The summed E-state index contributed by atoms with van der Waals surface area (Å²) in [5, 5.41) is 4.18. The molecular weight excluding hydrogens is 446 g/mol. The topological polar surface area (TPSA) is 52.3 Å². The lowest BCUT2D eigenvalue weighted by atomic mass is 10.0. The molecule has 1 saturated carbocycles. The molecule has 4 nitrogen and oxygen atoms in total. The number of benzene rings is 3. The van der Waals surface area contributed by atoms with Crippen molar-refractivity contribution in [2.24, 2.45) is 5.92 Å². The zero-order valence-corrected chi connectivity index (χ0v) is 21.0. The van der Waals surface area contributed by atoms with E-state index in [-0.39, 0.29) is 11.9 Å². The van der Waals surface area contributed by atoms with E-state index in [4.69, 9.17) is 9.26 Å². The van der Waals surface area contributed by atoms with Gasteiger partial charge < -0.3 is 9.26 Å². The fourth-order valence-electron chi connectivity index (χ4n) is 3.90. The van der Waals surface area contributed by atoms with Crippen molar-refractivity contribution >= 4 is 12.0 Å². The maximum atomic E-state index is 10.6. The van der Waals surface area contributed by atoms with Gasteiger partial charge in [0, 0.05) is 11.1 Å². The van der Waals surface area contributed by atoms with Crippen molar-refractivity contribution in [2.75, 3.05) is 6.61 Å². The number of hydrogen-bond donors (Lipinski definition) is 0. The molecule has 4 aromatic rings. The van der Waals surface area contributed by atoms with Crippen LogP contribution in [0.2, 0.25) is 0 Å². The third-order valence-corrected chi connectivity index (χ3v) is 6.09. The zero-order valence-electron chi connectivity index (χ0n) is 21.0. The Labute approximate surface area is 213 Å². The molecule has 1 fully saturated rings. The van der Waals surface area contributed by atoms with Crippen LogP contribution in [0.4, 0.5) is 0 Å². The molecule has 0 spiro atoms. The van der Waals surface area contributed by atoms with Crippen LogP contribution in [-0.2, 0) is 16.0 Å². The normalized spacial score (nSPS) is 12.7. The van der Waals surface area contributed by atoms with Crippen molar-refractivity contribution < 1.29 is 14.1 Å². The largest absolute Gasteiger partial charge is 0.466 e. The number of carbonyl (C=O) groups excluding carboxylic acids is 1. The van der Waals surface area contributed by atoms with Gasteiger partial charge >= 0.3 is 5.97 Å². The summed E-state index contributed by atoms with van der Waals surface area (Å²) in [5.74, 6) is 1.08. The number of nitrogens with zero attached hydrogens (tertiary/aromatic N) is 1. The van der Waals surface area contributed by atoms with E-state index >= 15 is 0 Å². The van der Waals surface area contributed by atoms with Crippen molar-refractivity contribution in [1.29, 1.82) is 0 Å². The van der Waals surface area contributed by atoms with Crippen molar-refractivity contribution in [3.05, 3.63) is 108 Å². The molecule has 0 bridgehead atoms. The zero-order chi connectivity index (χ0) is 25.2. The average molecular weight is 480 g/mol. The van der Waals surface area contributed by atoms with Gasteiger partial charge in [-0.3, -0.25) is 4.79 Å². The average Bonchev–Trinajstić information content (AvgIpc) is 3.72. The van der Waals surface area contributed by atoms with Crippen LogP contribution in [0.3, 0.4) is 0 Å². The van der Waals surface area contributed by atoms with Crippen LogP contribution in [0, 0.1) is 12.8 Å². The van der Waals surface area contributed by atoms with Gasteiger partial charge in [-0.2, -0.15) is 0 Å². The highest BCUT2D eigenvalue weighted by atomic mass is 16.5. The summed E-state index contributed by atoms with van der Waals surface area (Å²) in [7, 11) is 0. The number of aromatic nitrogens is 1. The van der Waals surface area contributed by atoms with Crippen LogP contribution < -0.4 is 0 Å². The minimum atomic E-state index is -0.00694. The third-order valence-electron chi connectivity index (χ3n) is 6.09. The van der Waals surface area contributed by atoms with Crippen molar-refractivity contribution in [3.8, 4) is 22.5 Å². The lowest BCUT2D eigenvalue weighted by Crippen LogP contribution is -2.04. The van der Waals surface area contributed by atoms with E-state index in [1.165, 1.54) is 16.7 Å². The minimum absolute atomic E-state index is 0.00694. The highest BCUT2D eigenvalue weighted by Gasteiger charge is 2.30. The molecule has 1 heterocycles. The number of carbonyl (C=O) groups is 1. The third kappa shape index (κ3) is 7.05.